The van der Waals surface area contributed by atoms with Crippen LogP contribution in [0.3, 0.4) is 0 Å². The van der Waals surface area contributed by atoms with Crippen LogP contribution in [0.2, 0.25) is 0 Å². The Labute approximate surface area is 178 Å². The lowest BCUT2D eigenvalue weighted by molar-refractivity contribution is 0.0474. The molecule has 3 N–H and O–H groups in total. The lowest BCUT2D eigenvalue weighted by Gasteiger charge is -2.29. The van der Waals surface area contributed by atoms with Gasteiger partial charge >= 0.3 is 6.09 Å². The summed E-state index contributed by atoms with van der Waals surface area (Å²) in [6.07, 6.45) is 1.17. The number of aliphatic imine (C=N–C) groups is 1. The Kier molecular flexibility index (Phi) is 7.48. The summed E-state index contributed by atoms with van der Waals surface area (Å²) in [5, 5.41) is 9.26. The molecule has 0 spiro atoms. The van der Waals surface area contributed by atoms with E-state index in [0.29, 0.717) is 24.9 Å². The van der Waals surface area contributed by atoms with Crippen molar-refractivity contribution in [2.24, 2.45) is 4.99 Å². The van der Waals surface area contributed by atoms with Crippen LogP contribution in [-0.4, -0.2) is 41.8 Å². The first-order chi connectivity index (χ1) is 14.0. The van der Waals surface area contributed by atoms with Gasteiger partial charge in [-0.05, 0) is 53.7 Å². The standard InChI is InChI=1S/C22H33N5O3/c1-15-8-10-16(11-9-15)18-26-17(13-29-18)12-24-19(23-7)25-14-22(5,6)27-20(28)30-21(2,3)4/h8-11,13H,12,14H2,1-7H3,(H,27,28)(H2,23,24,25). The predicted octanol–water partition coefficient (Wildman–Crippen LogP) is 3.62. The summed E-state index contributed by atoms with van der Waals surface area (Å²) < 4.78 is 10.9. The second-order valence-corrected chi connectivity index (χ2v) is 8.80. The van der Waals surface area contributed by atoms with Gasteiger partial charge in [-0.15, -0.1) is 0 Å². The van der Waals surface area contributed by atoms with Gasteiger partial charge in [0.15, 0.2) is 5.96 Å². The summed E-state index contributed by atoms with van der Waals surface area (Å²) in [6, 6.07) is 8.02. The Morgan fingerprint density at radius 2 is 1.80 bits per heavy atom. The number of alkyl carbamates (subject to hydrolysis) is 1. The molecule has 0 aliphatic carbocycles. The minimum absolute atomic E-state index is 0.453. The topological polar surface area (TPSA) is 101 Å². The molecule has 0 bridgehead atoms. The van der Waals surface area contributed by atoms with Crippen molar-refractivity contribution in [3.63, 3.8) is 0 Å². The van der Waals surface area contributed by atoms with E-state index in [0.717, 1.165) is 11.3 Å². The molecule has 0 atom stereocenters. The average molecular weight is 416 g/mol. The van der Waals surface area contributed by atoms with Crippen molar-refractivity contribution >= 4 is 12.1 Å². The number of aromatic nitrogens is 1. The molecule has 0 saturated heterocycles. The average Bonchev–Trinajstić information content (AvgIpc) is 3.09. The highest BCUT2D eigenvalue weighted by Gasteiger charge is 2.24. The van der Waals surface area contributed by atoms with Crippen molar-refractivity contribution < 1.29 is 13.9 Å². The molecule has 1 heterocycles. The molecule has 1 amide bonds. The number of rotatable bonds is 6. The Balaban J connectivity index is 1.85. The quantitative estimate of drug-likeness (QED) is 0.492. The number of benzene rings is 1. The lowest BCUT2D eigenvalue weighted by Crippen LogP contribution is -2.54. The summed E-state index contributed by atoms with van der Waals surface area (Å²) >= 11 is 0. The third-order valence-electron chi connectivity index (χ3n) is 4.05. The molecule has 0 unspecified atom stereocenters. The minimum atomic E-state index is -0.541. The van der Waals surface area contributed by atoms with E-state index in [1.54, 1.807) is 13.3 Å². The Bertz CT molecular complexity index is 864. The molecule has 1 aromatic heterocycles. The van der Waals surface area contributed by atoms with E-state index >= 15 is 0 Å². The fraction of sp³-hybridized carbons (Fsp3) is 0.500. The SMILES string of the molecule is CN=C(NCc1coc(-c2ccc(C)cc2)n1)NCC(C)(C)NC(=O)OC(C)(C)C. The molecule has 0 radical (unpaired) electrons. The van der Waals surface area contributed by atoms with E-state index in [1.165, 1.54) is 5.56 Å². The van der Waals surface area contributed by atoms with E-state index in [2.05, 4.69) is 25.9 Å². The van der Waals surface area contributed by atoms with Gasteiger partial charge in [0.2, 0.25) is 5.89 Å². The number of ether oxygens (including phenoxy) is 1. The van der Waals surface area contributed by atoms with E-state index in [9.17, 15) is 4.79 Å². The maximum Gasteiger partial charge on any atom is 0.408 e. The van der Waals surface area contributed by atoms with Crippen LogP contribution in [0.1, 0.15) is 45.9 Å². The third kappa shape index (κ3) is 7.77. The molecular formula is C22H33N5O3. The van der Waals surface area contributed by atoms with Crippen molar-refractivity contribution in [1.29, 1.82) is 0 Å². The fourth-order valence-corrected chi connectivity index (χ4v) is 2.54. The van der Waals surface area contributed by atoms with Crippen molar-refractivity contribution in [3.8, 4) is 11.5 Å². The fourth-order valence-electron chi connectivity index (χ4n) is 2.54. The van der Waals surface area contributed by atoms with Crippen LogP contribution < -0.4 is 16.0 Å². The van der Waals surface area contributed by atoms with Gasteiger partial charge in [0.1, 0.15) is 11.9 Å². The summed E-state index contributed by atoms with van der Waals surface area (Å²) in [7, 11) is 1.68. The molecule has 0 aliphatic rings. The van der Waals surface area contributed by atoms with E-state index in [-0.39, 0.29) is 0 Å². The number of amides is 1. The molecule has 1 aromatic carbocycles. The third-order valence-corrected chi connectivity index (χ3v) is 4.05. The van der Waals surface area contributed by atoms with Crippen molar-refractivity contribution in [2.75, 3.05) is 13.6 Å². The first-order valence-electron chi connectivity index (χ1n) is 9.94. The number of carbonyl (C=O) groups is 1. The van der Waals surface area contributed by atoms with Gasteiger partial charge in [-0.25, -0.2) is 9.78 Å². The minimum Gasteiger partial charge on any atom is -0.444 e. The number of hydrogen-bond donors (Lipinski definition) is 3. The van der Waals surface area contributed by atoms with Crippen molar-refractivity contribution in [1.82, 2.24) is 20.9 Å². The number of guanidine groups is 1. The summed E-state index contributed by atoms with van der Waals surface area (Å²) in [5.74, 6) is 1.17. The molecule has 8 heteroatoms. The molecule has 0 aliphatic heterocycles. The molecule has 0 saturated carbocycles. The van der Waals surface area contributed by atoms with Gasteiger partial charge in [0, 0.05) is 19.2 Å². The number of nitrogens with one attached hydrogen (secondary N) is 3. The first-order valence-corrected chi connectivity index (χ1v) is 9.94. The molecule has 164 valence electrons. The summed E-state index contributed by atoms with van der Waals surface area (Å²) in [4.78, 5) is 20.7. The van der Waals surface area contributed by atoms with Gasteiger partial charge in [0.25, 0.3) is 0 Å². The van der Waals surface area contributed by atoms with Crippen LogP contribution in [0.15, 0.2) is 39.9 Å². The zero-order valence-corrected chi connectivity index (χ0v) is 18.9. The lowest BCUT2D eigenvalue weighted by atomic mass is 10.1. The summed E-state index contributed by atoms with van der Waals surface area (Å²) in [6.45, 7) is 12.3. The molecular weight excluding hydrogens is 382 g/mol. The van der Waals surface area contributed by atoms with Crippen LogP contribution in [0, 0.1) is 6.92 Å². The molecule has 8 nitrogen and oxygen atoms in total. The van der Waals surface area contributed by atoms with E-state index < -0.39 is 17.2 Å². The van der Waals surface area contributed by atoms with Gasteiger partial charge < -0.3 is 25.1 Å². The second-order valence-electron chi connectivity index (χ2n) is 8.80. The predicted molar refractivity (Wildman–Crippen MR) is 118 cm³/mol. The first kappa shape index (κ1) is 23.3. The van der Waals surface area contributed by atoms with Gasteiger partial charge in [0.05, 0.1) is 17.8 Å². The van der Waals surface area contributed by atoms with Crippen LogP contribution in [-0.2, 0) is 11.3 Å². The van der Waals surface area contributed by atoms with Crippen molar-refractivity contribution in [3.05, 3.63) is 41.8 Å². The van der Waals surface area contributed by atoms with Crippen molar-refractivity contribution in [2.45, 2.75) is 59.2 Å². The Morgan fingerprint density at radius 1 is 1.13 bits per heavy atom. The highest BCUT2D eigenvalue weighted by atomic mass is 16.6. The molecule has 0 fully saturated rings. The van der Waals surface area contributed by atoms with Crippen LogP contribution in [0.25, 0.3) is 11.5 Å². The van der Waals surface area contributed by atoms with Gasteiger partial charge in [-0.2, -0.15) is 0 Å². The number of hydrogen-bond acceptors (Lipinski definition) is 5. The number of oxazole rings is 1. The number of carbonyl (C=O) groups excluding carboxylic acids is 1. The smallest absolute Gasteiger partial charge is 0.408 e. The summed E-state index contributed by atoms with van der Waals surface area (Å²) in [5.41, 5.74) is 1.81. The number of nitrogens with zero attached hydrogens (tertiary/aromatic N) is 2. The van der Waals surface area contributed by atoms with Crippen LogP contribution in [0.5, 0.6) is 0 Å². The van der Waals surface area contributed by atoms with Crippen LogP contribution >= 0.6 is 0 Å². The Hall–Kier alpha value is -3.03. The molecule has 2 rings (SSSR count). The van der Waals surface area contributed by atoms with Gasteiger partial charge in [-0.1, -0.05) is 17.7 Å². The highest BCUT2D eigenvalue weighted by Crippen LogP contribution is 2.19. The highest BCUT2D eigenvalue weighted by molar-refractivity contribution is 5.79. The van der Waals surface area contributed by atoms with Gasteiger partial charge in [-0.3, -0.25) is 4.99 Å². The monoisotopic (exact) mass is 415 g/mol. The second kappa shape index (κ2) is 9.65. The Morgan fingerprint density at radius 3 is 2.40 bits per heavy atom. The zero-order valence-electron chi connectivity index (χ0n) is 18.9. The normalized spacial score (nSPS) is 12.4. The number of aryl methyl sites for hydroxylation is 1. The maximum atomic E-state index is 12.0. The van der Waals surface area contributed by atoms with E-state index in [1.807, 2.05) is 65.8 Å². The maximum absolute atomic E-state index is 12.0. The molecule has 30 heavy (non-hydrogen) atoms. The van der Waals surface area contributed by atoms with Crippen LogP contribution in [0.4, 0.5) is 4.79 Å². The zero-order chi connectivity index (χ0) is 22.4. The molecule has 2 aromatic rings. The van der Waals surface area contributed by atoms with E-state index in [4.69, 9.17) is 9.15 Å². The largest absolute Gasteiger partial charge is 0.444 e.